The van der Waals surface area contributed by atoms with Gasteiger partial charge in [0.1, 0.15) is 12.1 Å². The number of carbonyl (C=O) groups is 1. The predicted octanol–water partition coefficient (Wildman–Crippen LogP) is 0.647. The highest BCUT2D eigenvalue weighted by molar-refractivity contribution is 5.82. The molecule has 134 valence electrons. The molecule has 0 spiro atoms. The first-order chi connectivity index (χ1) is 12.3. The lowest BCUT2D eigenvalue weighted by molar-refractivity contribution is -0.137. The molecule has 2 fully saturated rings. The number of fused-ring (bicyclic) bond motifs is 1. The molecular formula is C17H25N7O. The molecule has 0 aliphatic carbocycles. The lowest BCUT2D eigenvalue weighted by atomic mass is 10.1. The standard InChI is InChI=1S/C17H25N7O/c1-2-14(21-7-3-4-8-21)16(25)23-11-9-22(10-12-23)15-5-6-18-17-20-19-13-24(15)17/h5-6,13-14H,2-4,7-12H2,1H3/t14-/m1/s1. The fourth-order valence-corrected chi connectivity index (χ4v) is 4.00. The molecule has 0 bridgehead atoms. The lowest BCUT2D eigenvalue weighted by Gasteiger charge is -2.38. The minimum atomic E-state index is 0.0551. The zero-order valence-corrected chi connectivity index (χ0v) is 14.7. The molecule has 4 heterocycles. The summed E-state index contributed by atoms with van der Waals surface area (Å²) >= 11 is 0. The van der Waals surface area contributed by atoms with E-state index in [9.17, 15) is 4.79 Å². The van der Waals surface area contributed by atoms with E-state index in [0.717, 1.165) is 51.5 Å². The molecule has 8 nitrogen and oxygen atoms in total. The monoisotopic (exact) mass is 343 g/mol. The first-order valence-corrected chi connectivity index (χ1v) is 9.20. The maximum absolute atomic E-state index is 13.0. The summed E-state index contributed by atoms with van der Waals surface area (Å²) in [7, 11) is 0. The summed E-state index contributed by atoms with van der Waals surface area (Å²) in [6, 6.07) is 2.03. The largest absolute Gasteiger partial charge is 0.354 e. The third-order valence-corrected chi connectivity index (χ3v) is 5.36. The zero-order valence-electron chi connectivity index (χ0n) is 14.7. The van der Waals surface area contributed by atoms with E-state index in [-0.39, 0.29) is 6.04 Å². The molecule has 8 heteroatoms. The van der Waals surface area contributed by atoms with Crippen molar-refractivity contribution in [2.75, 3.05) is 44.2 Å². The van der Waals surface area contributed by atoms with Gasteiger partial charge >= 0.3 is 0 Å². The minimum Gasteiger partial charge on any atom is -0.354 e. The van der Waals surface area contributed by atoms with Gasteiger partial charge in [-0.25, -0.2) is 4.98 Å². The highest BCUT2D eigenvalue weighted by Crippen LogP contribution is 2.20. The Hall–Kier alpha value is -2.22. The van der Waals surface area contributed by atoms with Crippen molar-refractivity contribution in [1.29, 1.82) is 0 Å². The Morgan fingerprint density at radius 3 is 2.64 bits per heavy atom. The fraction of sp³-hybridized carbons (Fsp3) is 0.647. The molecule has 2 aliphatic rings. The summed E-state index contributed by atoms with van der Waals surface area (Å²) in [4.78, 5) is 23.8. The summed E-state index contributed by atoms with van der Waals surface area (Å²) in [6.07, 6.45) is 6.78. The number of hydrogen-bond donors (Lipinski definition) is 0. The van der Waals surface area contributed by atoms with Gasteiger partial charge in [0.25, 0.3) is 5.78 Å². The number of likely N-dealkylation sites (tertiary alicyclic amines) is 1. The number of nitrogens with zero attached hydrogens (tertiary/aromatic N) is 7. The average molecular weight is 343 g/mol. The minimum absolute atomic E-state index is 0.0551. The van der Waals surface area contributed by atoms with Gasteiger partial charge in [-0.15, -0.1) is 10.2 Å². The van der Waals surface area contributed by atoms with Gasteiger partial charge in [0.05, 0.1) is 6.04 Å². The first kappa shape index (κ1) is 16.3. The van der Waals surface area contributed by atoms with Crippen molar-refractivity contribution in [3.63, 3.8) is 0 Å². The summed E-state index contributed by atoms with van der Waals surface area (Å²) < 4.78 is 1.90. The Kier molecular flexibility index (Phi) is 4.52. The molecule has 0 unspecified atom stereocenters. The van der Waals surface area contributed by atoms with Gasteiger partial charge in [0.2, 0.25) is 5.91 Å². The maximum Gasteiger partial charge on any atom is 0.256 e. The number of anilines is 1. The molecule has 0 N–H and O–H groups in total. The predicted molar refractivity (Wildman–Crippen MR) is 94.5 cm³/mol. The Balaban J connectivity index is 1.42. The van der Waals surface area contributed by atoms with E-state index in [4.69, 9.17) is 0 Å². The van der Waals surface area contributed by atoms with Crippen LogP contribution in [0.5, 0.6) is 0 Å². The van der Waals surface area contributed by atoms with Crippen LogP contribution in [0.15, 0.2) is 18.6 Å². The van der Waals surface area contributed by atoms with Crippen LogP contribution in [0.3, 0.4) is 0 Å². The van der Waals surface area contributed by atoms with Crippen LogP contribution < -0.4 is 4.90 Å². The van der Waals surface area contributed by atoms with Crippen molar-refractivity contribution in [3.05, 3.63) is 18.6 Å². The number of carbonyl (C=O) groups excluding carboxylic acids is 1. The molecule has 25 heavy (non-hydrogen) atoms. The molecule has 4 rings (SSSR count). The van der Waals surface area contributed by atoms with Gasteiger partial charge in [0.15, 0.2) is 0 Å². The highest BCUT2D eigenvalue weighted by atomic mass is 16.2. The van der Waals surface area contributed by atoms with Crippen molar-refractivity contribution in [3.8, 4) is 0 Å². The molecule has 2 aliphatic heterocycles. The SMILES string of the molecule is CC[C@H](C(=O)N1CCN(c2ccnc3nncn23)CC1)N1CCCC1. The smallest absolute Gasteiger partial charge is 0.256 e. The van der Waals surface area contributed by atoms with Crippen LogP contribution in [-0.4, -0.2) is 80.6 Å². The molecule has 1 atom stereocenters. The number of piperazine rings is 1. The number of hydrogen-bond acceptors (Lipinski definition) is 6. The molecule has 0 aromatic carbocycles. The van der Waals surface area contributed by atoms with Gasteiger partial charge in [0, 0.05) is 32.4 Å². The molecule has 2 aromatic heterocycles. The zero-order chi connectivity index (χ0) is 17.2. The van der Waals surface area contributed by atoms with Crippen LogP contribution in [0, 0.1) is 0 Å². The van der Waals surface area contributed by atoms with Gasteiger partial charge in [-0.05, 0) is 38.4 Å². The van der Waals surface area contributed by atoms with Gasteiger partial charge in [-0.1, -0.05) is 6.92 Å². The second-order valence-corrected chi connectivity index (χ2v) is 6.78. The van der Waals surface area contributed by atoms with Gasteiger partial charge in [-0.2, -0.15) is 0 Å². The molecule has 1 amide bonds. The molecule has 0 saturated carbocycles. The Morgan fingerprint density at radius 1 is 1.16 bits per heavy atom. The Labute approximate surface area is 147 Å². The van der Waals surface area contributed by atoms with E-state index < -0.39 is 0 Å². The van der Waals surface area contributed by atoms with Crippen LogP contribution in [-0.2, 0) is 4.79 Å². The van der Waals surface area contributed by atoms with Crippen LogP contribution >= 0.6 is 0 Å². The Morgan fingerprint density at radius 2 is 1.92 bits per heavy atom. The fourth-order valence-electron chi connectivity index (χ4n) is 4.00. The van der Waals surface area contributed by atoms with E-state index in [0.29, 0.717) is 11.7 Å². The number of amides is 1. The van der Waals surface area contributed by atoms with Gasteiger partial charge in [-0.3, -0.25) is 14.1 Å². The second-order valence-electron chi connectivity index (χ2n) is 6.78. The molecular weight excluding hydrogens is 318 g/mol. The van der Waals surface area contributed by atoms with Gasteiger partial charge < -0.3 is 9.80 Å². The first-order valence-electron chi connectivity index (χ1n) is 9.20. The lowest BCUT2D eigenvalue weighted by Crippen LogP contribution is -2.54. The molecule has 2 aromatic rings. The van der Waals surface area contributed by atoms with E-state index in [1.165, 1.54) is 12.8 Å². The van der Waals surface area contributed by atoms with E-state index >= 15 is 0 Å². The van der Waals surface area contributed by atoms with Crippen molar-refractivity contribution in [1.82, 2.24) is 29.4 Å². The average Bonchev–Trinajstić information content (AvgIpc) is 3.34. The van der Waals surface area contributed by atoms with E-state index in [2.05, 4.69) is 31.9 Å². The van der Waals surface area contributed by atoms with Crippen LogP contribution in [0.25, 0.3) is 5.78 Å². The van der Waals surface area contributed by atoms with Crippen LogP contribution in [0.2, 0.25) is 0 Å². The van der Waals surface area contributed by atoms with Crippen molar-refractivity contribution >= 4 is 17.5 Å². The molecule has 2 saturated heterocycles. The quantitative estimate of drug-likeness (QED) is 0.812. The van der Waals surface area contributed by atoms with Crippen molar-refractivity contribution in [2.45, 2.75) is 32.2 Å². The topological polar surface area (TPSA) is 69.9 Å². The Bertz CT molecular complexity index is 731. The third-order valence-electron chi connectivity index (χ3n) is 5.36. The summed E-state index contributed by atoms with van der Waals surface area (Å²) in [6.45, 7) is 7.40. The number of aromatic nitrogens is 4. The third kappa shape index (κ3) is 3.06. The van der Waals surface area contributed by atoms with Crippen molar-refractivity contribution < 1.29 is 4.79 Å². The number of rotatable bonds is 4. The van der Waals surface area contributed by atoms with Crippen molar-refractivity contribution in [2.24, 2.45) is 0 Å². The maximum atomic E-state index is 13.0. The summed E-state index contributed by atoms with van der Waals surface area (Å²) in [5.41, 5.74) is 0. The van der Waals surface area contributed by atoms with E-state index in [1.54, 1.807) is 12.5 Å². The summed E-state index contributed by atoms with van der Waals surface area (Å²) in [5, 5.41) is 7.93. The highest BCUT2D eigenvalue weighted by Gasteiger charge is 2.32. The normalized spacial score (nSPS) is 20.4. The van der Waals surface area contributed by atoms with Crippen LogP contribution in [0.4, 0.5) is 5.82 Å². The van der Waals surface area contributed by atoms with E-state index in [1.807, 2.05) is 15.4 Å². The second kappa shape index (κ2) is 6.95. The summed E-state index contributed by atoms with van der Waals surface area (Å²) in [5.74, 6) is 1.94. The molecule has 0 radical (unpaired) electrons. The van der Waals surface area contributed by atoms with Crippen LogP contribution in [0.1, 0.15) is 26.2 Å².